The Morgan fingerprint density at radius 3 is 2.42 bits per heavy atom. The van der Waals surface area contributed by atoms with Gasteiger partial charge in [-0.1, -0.05) is 20.8 Å². The molecule has 0 aromatic carbocycles. The monoisotopic (exact) mass is 258 g/mol. The van der Waals surface area contributed by atoms with E-state index in [1.54, 1.807) is 18.5 Å². The summed E-state index contributed by atoms with van der Waals surface area (Å²) in [6.07, 6.45) is 4.93. The number of hydrogen-bond donors (Lipinski definition) is 0. The largest absolute Gasteiger partial charge is 0.298 e. The minimum absolute atomic E-state index is 0.0891. The van der Waals surface area contributed by atoms with Gasteiger partial charge in [0.25, 0.3) is 0 Å². The van der Waals surface area contributed by atoms with E-state index in [2.05, 4.69) is 23.8 Å². The Balaban J connectivity index is 2.01. The van der Waals surface area contributed by atoms with Crippen molar-refractivity contribution in [3.05, 3.63) is 24.3 Å². The van der Waals surface area contributed by atoms with Crippen molar-refractivity contribution in [1.29, 1.82) is 0 Å². The number of carbonyl (C=O) groups excluding carboxylic acids is 2. The number of Topliss-reactive ketones (excluding diaryl/α,β-unsaturated/α-hetero) is 2. The van der Waals surface area contributed by atoms with Crippen molar-refractivity contribution in [2.45, 2.75) is 33.6 Å². The minimum Gasteiger partial charge on any atom is -0.298 e. The summed E-state index contributed by atoms with van der Waals surface area (Å²) in [6.45, 7) is 6.23. The third-order valence-electron chi connectivity index (χ3n) is 5.60. The molecule has 4 heteroatoms. The number of nitrogens with zero attached hydrogens (tertiary/aromatic N) is 2. The molecule has 100 valence electrons. The molecule has 19 heavy (non-hydrogen) atoms. The molecule has 2 aliphatic carbocycles. The lowest BCUT2D eigenvalue weighted by Gasteiger charge is -2.32. The maximum atomic E-state index is 12.6. The van der Waals surface area contributed by atoms with Crippen LogP contribution in [0.25, 0.3) is 0 Å². The number of carbonyl (C=O) groups is 2. The normalized spacial score (nSPS) is 35.6. The van der Waals surface area contributed by atoms with Crippen LogP contribution >= 0.6 is 0 Å². The van der Waals surface area contributed by atoms with Gasteiger partial charge in [-0.15, -0.1) is 0 Å². The van der Waals surface area contributed by atoms with Gasteiger partial charge in [0, 0.05) is 17.8 Å². The van der Waals surface area contributed by atoms with Gasteiger partial charge in [-0.3, -0.25) is 9.59 Å². The minimum atomic E-state index is -0.545. The summed E-state index contributed by atoms with van der Waals surface area (Å²) in [5.74, 6) is -0.358. The molecule has 0 amide bonds. The van der Waals surface area contributed by atoms with E-state index in [1.807, 2.05) is 6.92 Å². The van der Waals surface area contributed by atoms with Crippen LogP contribution < -0.4 is 0 Å². The summed E-state index contributed by atoms with van der Waals surface area (Å²) in [4.78, 5) is 33.2. The molecule has 0 radical (unpaired) electrons. The van der Waals surface area contributed by atoms with E-state index in [9.17, 15) is 9.59 Å². The average molecular weight is 258 g/mol. The maximum absolute atomic E-state index is 12.6. The summed E-state index contributed by atoms with van der Waals surface area (Å²) < 4.78 is 0. The van der Waals surface area contributed by atoms with Gasteiger partial charge < -0.3 is 0 Å². The highest BCUT2D eigenvalue weighted by atomic mass is 16.2. The first-order valence-electron chi connectivity index (χ1n) is 6.75. The highest BCUT2D eigenvalue weighted by Crippen LogP contribution is 2.65. The third kappa shape index (κ3) is 1.40. The summed E-state index contributed by atoms with van der Waals surface area (Å²) in [5, 5.41) is 0. The van der Waals surface area contributed by atoms with E-state index >= 15 is 0 Å². The highest BCUT2D eigenvalue weighted by Gasteiger charge is 2.67. The van der Waals surface area contributed by atoms with Gasteiger partial charge in [0.2, 0.25) is 5.78 Å². The summed E-state index contributed by atoms with van der Waals surface area (Å²) in [7, 11) is 0. The van der Waals surface area contributed by atoms with E-state index in [4.69, 9.17) is 0 Å². The Hall–Kier alpha value is -1.58. The van der Waals surface area contributed by atoms with Gasteiger partial charge in [0.05, 0.1) is 5.92 Å². The van der Waals surface area contributed by atoms with Crippen LogP contribution in [0, 0.1) is 22.7 Å². The van der Waals surface area contributed by atoms with E-state index in [0.29, 0.717) is 0 Å². The molecule has 3 rings (SSSR count). The van der Waals surface area contributed by atoms with E-state index in [0.717, 1.165) is 12.8 Å². The van der Waals surface area contributed by atoms with Crippen molar-refractivity contribution in [2.24, 2.45) is 22.7 Å². The molecule has 2 saturated carbocycles. The predicted molar refractivity (Wildman–Crippen MR) is 69.5 cm³/mol. The first kappa shape index (κ1) is 12.5. The number of rotatable bonds is 2. The molecular weight excluding hydrogens is 240 g/mol. The van der Waals surface area contributed by atoms with Gasteiger partial charge in [-0.2, -0.15) is 0 Å². The Bertz CT molecular complexity index is 553. The Morgan fingerprint density at radius 1 is 1.26 bits per heavy atom. The fraction of sp³-hybridized carbons (Fsp3) is 0.600. The van der Waals surface area contributed by atoms with Gasteiger partial charge in [0.15, 0.2) is 11.6 Å². The van der Waals surface area contributed by atoms with Crippen molar-refractivity contribution in [3.63, 3.8) is 0 Å². The molecule has 2 fully saturated rings. The molecule has 2 aliphatic rings. The van der Waals surface area contributed by atoms with Crippen LogP contribution in [0.3, 0.4) is 0 Å². The zero-order chi connectivity index (χ0) is 13.8. The fourth-order valence-corrected chi connectivity index (χ4v) is 3.95. The van der Waals surface area contributed by atoms with Gasteiger partial charge in [0.1, 0.15) is 0 Å². The van der Waals surface area contributed by atoms with Gasteiger partial charge in [-0.25, -0.2) is 9.97 Å². The third-order valence-corrected chi connectivity index (χ3v) is 5.60. The summed E-state index contributed by atoms with van der Waals surface area (Å²) in [6, 6.07) is 1.67. The molecule has 0 N–H and O–H groups in total. The number of fused-ring (bicyclic) bond motifs is 2. The average Bonchev–Trinajstić information content (AvgIpc) is 2.71. The Kier molecular flexibility index (Phi) is 2.43. The molecule has 3 unspecified atom stereocenters. The SMILES string of the molecule is CC12CCC(C(C(=O)c3ncccn3)C1=O)C2(C)C. The second-order valence-electron chi connectivity index (χ2n) is 6.48. The zero-order valence-corrected chi connectivity index (χ0v) is 11.5. The first-order chi connectivity index (χ1) is 8.89. The lowest BCUT2D eigenvalue weighted by Crippen LogP contribution is -2.35. The summed E-state index contributed by atoms with van der Waals surface area (Å²) >= 11 is 0. The lowest BCUT2D eigenvalue weighted by molar-refractivity contribution is -0.130. The molecular formula is C15H18N2O2. The zero-order valence-electron chi connectivity index (χ0n) is 11.5. The van der Waals surface area contributed by atoms with Gasteiger partial charge >= 0.3 is 0 Å². The molecule has 0 spiro atoms. The topological polar surface area (TPSA) is 59.9 Å². The van der Waals surface area contributed by atoms with Crippen LogP contribution in [-0.2, 0) is 4.79 Å². The molecule has 3 atom stereocenters. The van der Waals surface area contributed by atoms with Crippen molar-refractivity contribution in [2.75, 3.05) is 0 Å². The highest BCUT2D eigenvalue weighted by molar-refractivity contribution is 6.13. The number of hydrogen-bond acceptors (Lipinski definition) is 4. The van der Waals surface area contributed by atoms with Crippen molar-refractivity contribution >= 4 is 11.6 Å². The van der Waals surface area contributed by atoms with Gasteiger partial charge in [-0.05, 0) is 30.2 Å². The van der Waals surface area contributed by atoms with E-state index in [1.165, 1.54) is 0 Å². The summed E-state index contributed by atoms with van der Waals surface area (Å²) in [5.41, 5.74) is -0.480. The molecule has 0 saturated heterocycles. The van der Waals surface area contributed by atoms with Crippen LogP contribution in [-0.4, -0.2) is 21.5 Å². The smallest absolute Gasteiger partial charge is 0.210 e. The Morgan fingerprint density at radius 2 is 1.89 bits per heavy atom. The predicted octanol–water partition coefficient (Wildman–Crippen LogP) is 2.30. The molecule has 1 heterocycles. The van der Waals surface area contributed by atoms with Crippen LogP contribution in [0.2, 0.25) is 0 Å². The number of ketones is 2. The maximum Gasteiger partial charge on any atom is 0.210 e. The standard InChI is InChI=1S/C15H18N2O2/c1-14(2)9-5-6-15(14,3)12(19)10(9)11(18)13-16-7-4-8-17-13/h4,7-10H,5-6H2,1-3H3. The lowest BCUT2D eigenvalue weighted by atomic mass is 9.70. The van der Waals surface area contributed by atoms with Crippen molar-refractivity contribution < 1.29 is 9.59 Å². The Labute approximate surface area is 112 Å². The molecule has 2 bridgehead atoms. The second-order valence-corrected chi connectivity index (χ2v) is 6.48. The molecule has 1 aromatic heterocycles. The van der Waals surface area contributed by atoms with Crippen molar-refractivity contribution in [1.82, 2.24) is 9.97 Å². The molecule has 1 aromatic rings. The van der Waals surface area contributed by atoms with Crippen LogP contribution in [0.15, 0.2) is 18.5 Å². The molecule has 4 nitrogen and oxygen atoms in total. The first-order valence-corrected chi connectivity index (χ1v) is 6.75. The number of aromatic nitrogens is 2. The van der Waals surface area contributed by atoms with Crippen LogP contribution in [0.4, 0.5) is 0 Å². The second kappa shape index (κ2) is 3.71. The van der Waals surface area contributed by atoms with E-state index in [-0.39, 0.29) is 34.1 Å². The van der Waals surface area contributed by atoms with Crippen molar-refractivity contribution in [3.8, 4) is 0 Å². The quantitative estimate of drug-likeness (QED) is 0.603. The van der Waals surface area contributed by atoms with Crippen LogP contribution in [0.5, 0.6) is 0 Å². The van der Waals surface area contributed by atoms with Crippen LogP contribution in [0.1, 0.15) is 44.2 Å². The van der Waals surface area contributed by atoms with E-state index < -0.39 is 5.92 Å². The molecule has 0 aliphatic heterocycles. The fourth-order valence-electron chi connectivity index (χ4n) is 3.95.